The number of pyridine rings is 1. The highest BCUT2D eigenvalue weighted by Crippen LogP contribution is 2.64. The third-order valence-electron chi connectivity index (χ3n) is 12.0. The molecule has 0 amide bonds. The van der Waals surface area contributed by atoms with Gasteiger partial charge in [0.15, 0.2) is 6.17 Å². The van der Waals surface area contributed by atoms with Crippen LogP contribution in [-0.2, 0) is 5.54 Å². The van der Waals surface area contributed by atoms with E-state index in [1.165, 1.54) is 94.4 Å². The van der Waals surface area contributed by atoms with Gasteiger partial charge in [-0.3, -0.25) is 0 Å². The van der Waals surface area contributed by atoms with Crippen molar-refractivity contribution in [3.63, 3.8) is 0 Å². The van der Waals surface area contributed by atoms with Crippen LogP contribution in [0, 0.1) is 0 Å². The Morgan fingerprint density at radius 2 is 1.20 bits per heavy atom. The molecule has 5 heteroatoms. The number of likely N-dealkylation sites (N-methyl/N-ethyl adjacent to an activating group) is 1. The quantitative estimate of drug-likeness (QED) is 0.169. The van der Waals surface area contributed by atoms with Crippen LogP contribution in [0.3, 0.4) is 0 Å². The molecule has 4 aliphatic rings. The van der Waals surface area contributed by atoms with E-state index in [0.29, 0.717) is 0 Å². The standard InChI is InChI=1S/C44H28N5/c1-45-38-25-27(26-11-3-2-4-12-26)20-22-34(38)49-37-23-21-30-28-13-5-7-16-32(28)47-35-18-9-19-36-39(35)44(43(45)49,40(37)41(30)47)46-24-10-15-31-29-14-6-8-17-33(29)48(36)42(31)46/h2-25,43H,1H3/q+1. The third-order valence-corrected chi connectivity index (χ3v) is 12.0. The summed E-state index contributed by atoms with van der Waals surface area (Å²) >= 11 is 0. The van der Waals surface area contributed by atoms with Crippen LogP contribution < -0.4 is 14.4 Å². The molecule has 0 aliphatic carbocycles. The molecule has 0 N–H and O–H groups in total. The van der Waals surface area contributed by atoms with Gasteiger partial charge in [-0.05, 0) is 71.8 Å². The number of para-hydroxylation sites is 2. The minimum absolute atomic E-state index is 0.0249. The Kier molecular flexibility index (Phi) is 4.06. The van der Waals surface area contributed by atoms with E-state index in [0.717, 1.165) is 0 Å². The van der Waals surface area contributed by atoms with Crippen molar-refractivity contribution >= 4 is 60.8 Å². The van der Waals surface area contributed by atoms with Crippen LogP contribution >= 0.6 is 0 Å². The Morgan fingerprint density at radius 1 is 0.510 bits per heavy atom. The molecule has 2 atom stereocenters. The van der Waals surface area contributed by atoms with E-state index >= 15 is 0 Å². The Balaban J connectivity index is 1.26. The molecule has 1 spiro atoms. The van der Waals surface area contributed by atoms with Gasteiger partial charge in [0.25, 0.3) is 5.65 Å². The number of hydrogen-bond acceptors (Lipinski definition) is 2. The predicted octanol–water partition coefficient (Wildman–Crippen LogP) is 9.18. The molecule has 9 aromatic rings. The number of fused-ring (bicyclic) bond motifs is 12. The second kappa shape index (κ2) is 8.03. The molecule has 0 saturated heterocycles. The van der Waals surface area contributed by atoms with Crippen molar-refractivity contribution in [2.24, 2.45) is 0 Å². The molecule has 2 unspecified atom stereocenters. The molecular weight excluding hydrogens is 599 g/mol. The summed E-state index contributed by atoms with van der Waals surface area (Å²) in [5.41, 5.74) is 16.1. The fraction of sp³-hybridized carbons (Fsp3) is 0.0682. The van der Waals surface area contributed by atoms with E-state index in [1.807, 2.05) is 0 Å². The number of benzene rings is 6. The highest BCUT2D eigenvalue weighted by atomic mass is 15.5. The van der Waals surface area contributed by atoms with Crippen LogP contribution in [0.4, 0.5) is 17.1 Å². The Bertz CT molecular complexity index is 2970. The molecule has 0 radical (unpaired) electrons. The first kappa shape index (κ1) is 24.8. The maximum absolute atomic E-state index is 2.65. The maximum Gasteiger partial charge on any atom is 0.296 e. The van der Waals surface area contributed by atoms with Gasteiger partial charge >= 0.3 is 0 Å². The molecular formula is C44H28N5+. The lowest BCUT2D eigenvalue weighted by molar-refractivity contribution is -0.724. The normalized spacial score (nSPS) is 18.9. The molecule has 49 heavy (non-hydrogen) atoms. The summed E-state index contributed by atoms with van der Waals surface area (Å²) in [4.78, 5) is 5.22. The minimum atomic E-state index is -0.532. The van der Waals surface area contributed by atoms with Crippen molar-refractivity contribution in [2.45, 2.75) is 11.7 Å². The molecule has 228 valence electrons. The van der Waals surface area contributed by atoms with Crippen molar-refractivity contribution in [1.29, 1.82) is 0 Å². The second-order valence-electron chi connectivity index (χ2n) is 14.0. The van der Waals surface area contributed by atoms with E-state index in [1.54, 1.807) is 0 Å². The van der Waals surface area contributed by atoms with Gasteiger partial charge in [0, 0.05) is 23.2 Å². The summed E-state index contributed by atoms with van der Waals surface area (Å²) in [5, 5.41) is 5.18. The molecule has 7 heterocycles. The topological polar surface area (TPSA) is 20.2 Å². The van der Waals surface area contributed by atoms with Crippen molar-refractivity contribution < 1.29 is 4.57 Å². The smallest absolute Gasteiger partial charge is 0.296 e. The number of anilines is 3. The number of nitrogens with zero attached hydrogens (tertiary/aromatic N) is 5. The van der Waals surface area contributed by atoms with E-state index in [2.05, 4.69) is 176 Å². The van der Waals surface area contributed by atoms with Gasteiger partial charge in [-0.1, -0.05) is 78.9 Å². The second-order valence-corrected chi connectivity index (χ2v) is 14.0. The lowest BCUT2D eigenvalue weighted by Gasteiger charge is -2.43. The monoisotopic (exact) mass is 626 g/mol. The van der Waals surface area contributed by atoms with Crippen LogP contribution in [0.1, 0.15) is 11.1 Å². The molecule has 6 aromatic carbocycles. The van der Waals surface area contributed by atoms with Crippen LogP contribution in [-0.4, -0.2) is 22.3 Å². The summed E-state index contributed by atoms with van der Waals surface area (Å²) in [6, 6.07) is 52.0. The fourth-order valence-corrected chi connectivity index (χ4v) is 10.4. The van der Waals surface area contributed by atoms with Crippen molar-refractivity contribution in [2.75, 3.05) is 16.8 Å². The number of rotatable bonds is 1. The highest BCUT2D eigenvalue weighted by Gasteiger charge is 2.68. The van der Waals surface area contributed by atoms with Gasteiger partial charge in [0.05, 0.1) is 56.5 Å². The average molecular weight is 627 g/mol. The zero-order chi connectivity index (χ0) is 31.7. The predicted molar refractivity (Wildman–Crippen MR) is 198 cm³/mol. The lowest BCUT2D eigenvalue weighted by Crippen LogP contribution is -2.70. The summed E-state index contributed by atoms with van der Waals surface area (Å²) in [7, 11) is 2.31. The van der Waals surface area contributed by atoms with Gasteiger partial charge in [-0.15, -0.1) is 0 Å². The largest absolute Gasteiger partial charge is 0.348 e. The highest BCUT2D eigenvalue weighted by molar-refractivity contribution is 6.15. The molecule has 0 fully saturated rings. The van der Waals surface area contributed by atoms with Crippen molar-refractivity contribution in [3.8, 4) is 22.5 Å². The summed E-state index contributed by atoms with van der Waals surface area (Å²) in [5.74, 6) is 0. The van der Waals surface area contributed by atoms with Gasteiger partial charge in [0.1, 0.15) is 11.2 Å². The molecule has 0 bridgehead atoms. The molecule has 4 aliphatic heterocycles. The minimum Gasteiger partial charge on any atom is -0.348 e. The van der Waals surface area contributed by atoms with Crippen LogP contribution in [0.25, 0.3) is 66.2 Å². The first-order valence-electron chi connectivity index (χ1n) is 17.1. The first-order valence-corrected chi connectivity index (χ1v) is 17.1. The lowest BCUT2D eigenvalue weighted by atomic mass is 9.75. The van der Waals surface area contributed by atoms with Gasteiger partial charge < -0.3 is 14.4 Å². The summed E-state index contributed by atoms with van der Waals surface area (Å²) in [6.45, 7) is 0. The van der Waals surface area contributed by atoms with Crippen LogP contribution in [0.2, 0.25) is 0 Å². The molecule has 3 aromatic heterocycles. The van der Waals surface area contributed by atoms with Crippen LogP contribution in [0.5, 0.6) is 0 Å². The van der Waals surface area contributed by atoms with E-state index < -0.39 is 5.54 Å². The fourth-order valence-electron chi connectivity index (χ4n) is 10.4. The summed E-state index contributed by atoms with van der Waals surface area (Å²) < 4.78 is 7.75. The van der Waals surface area contributed by atoms with Crippen molar-refractivity contribution in [1.82, 2.24) is 9.13 Å². The zero-order valence-electron chi connectivity index (χ0n) is 26.7. The Hall–Kier alpha value is -6.33. The van der Waals surface area contributed by atoms with Gasteiger partial charge in [-0.2, -0.15) is 4.57 Å². The maximum atomic E-state index is 2.65. The van der Waals surface area contributed by atoms with E-state index in [9.17, 15) is 0 Å². The Labute approximate surface area is 281 Å². The molecule has 0 saturated carbocycles. The third kappa shape index (κ3) is 2.51. The first-order chi connectivity index (χ1) is 24.3. The number of aromatic nitrogens is 3. The van der Waals surface area contributed by atoms with Crippen molar-refractivity contribution in [3.05, 3.63) is 157 Å². The zero-order valence-corrected chi connectivity index (χ0v) is 26.7. The molecule has 13 rings (SSSR count). The van der Waals surface area contributed by atoms with Crippen LogP contribution in [0.15, 0.2) is 146 Å². The van der Waals surface area contributed by atoms with E-state index in [4.69, 9.17) is 0 Å². The van der Waals surface area contributed by atoms with Gasteiger partial charge in [-0.25, -0.2) is 4.57 Å². The Morgan fingerprint density at radius 3 is 2.04 bits per heavy atom. The average Bonchev–Trinajstić information content (AvgIpc) is 3.86. The van der Waals surface area contributed by atoms with Gasteiger partial charge in [0.2, 0.25) is 5.54 Å². The number of hydrogen-bond donors (Lipinski definition) is 0. The summed E-state index contributed by atoms with van der Waals surface area (Å²) in [6.07, 6.45) is 2.33. The molecule has 5 nitrogen and oxygen atoms in total. The van der Waals surface area contributed by atoms with E-state index in [-0.39, 0.29) is 6.17 Å². The SMILES string of the molecule is CN1c2cc(-c3ccccc3)ccc2N2c3ccc4c5ccccc5n5c4c3C3(c4c-5cccc4-n4c5ccccc5c5ccc[n+]3c54)C12.